The van der Waals surface area contributed by atoms with E-state index in [9.17, 15) is 13.2 Å². The minimum absolute atomic E-state index is 0.0311. The summed E-state index contributed by atoms with van der Waals surface area (Å²) in [5, 5.41) is 0.495. The Morgan fingerprint density at radius 3 is 2.41 bits per heavy atom. The van der Waals surface area contributed by atoms with Crippen molar-refractivity contribution in [3.63, 3.8) is 0 Å². The molecule has 8 heteroatoms. The number of rotatable bonds is 4. The van der Waals surface area contributed by atoms with Gasteiger partial charge < -0.3 is 4.90 Å². The number of halogens is 2. The zero-order chi connectivity index (χ0) is 19.6. The minimum atomic E-state index is -3.69. The topological polar surface area (TPSA) is 67.3 Å². The molecule has 0 spiro atoms. The van der Waals surface area contributed by atoms with E-state index in [-0.39, 0.29) is 32.3 Å². The first-order valence-corrected chi connectivity index (χ1v) is 11.1. The third kappa shape index (κ3) is 5.00. The highest BCUT2D eigenvalue weighted by Crippen LogP contribution is 2.25. The molecule has 2 aromatic rings. The number of sulfone groups is 1. The number of amides is 1. The zero-order valence-corrected chi connectivity index (χ0v) is 17.2. The molecule has 2 heterocycles. The highest BCUT2D eigenvalue weighted by atomic mass is 35.5. The van der Waals surface area contributed by atoms with E-state index in [1.807, 2.05) is 0 Å². The molecule has 0 radical (unpaired) electrons. The maximum absolute atomic E-state index is 12.7. The van der Waals surface area contributed by atoms with Crippen LogP contribution in [0.5, 0.6) is 0 Å². The Morgan fingerprint density at radius 2 is 1.78 bits per heavy atom. The Kier molecular flexibility index (Phi) is 6.08. The van der Waals surface area contributed by atoms with Crippen LogP contribution in [0.1, 0.15) is 35.9 Å². The van der Waals surface area contributed by atoms with Gasteiger partial charge >= 0.3 is 0 Å². The maximum Gasteiger partial charge on any atom is 0.272 e. The lowest BCUT2D eigenvalue weighted by atomic mass is 9.99. The number of hydrogen-bond donors (Lipinski definition) is 0. The summed E-state index contributed by atoms with van der Waals surface area (Å²) in [6, 6.07) is 9.05. The summed E-state index contributed by atoms with van der Waals surface area (Å²) in [5.74, 6) is 0.122. The van der Waals surface area contributed by atoms with Gasteiger partial charge in [-0.1, -0.05) is 36.2 Å². The molecule has 144 valence electrons. The molecule has 1 aromatic carbocycles. The van der Waals surface area contributed by atoms with Gasteiger partial charge in [-0.05, 0) is 49.1 Å². The van der Waals surface area contributed by atoms with Gasteiger partial charge in [-0.3, -0.25) is 4.79 Å². The van der Waals surface area contributed by atoms with E-state index in [0.29, 0.717) is 24.7 Å². The molecule has 1 aliphatic heterocycles. The second-order valence-electron chi connectivity index (χ2n) is 6.85. The summed E-state index contributed by atoms with van der Waals surface area (Å²) in [5.41, 5.74) is 0.573. The smallest absolute Gasteiger partial charge is 0.272 e. The zero-order valence-electron chi connectivity index (χ0n) is 14.9. The number of pyridine rings is 1. The van der Waals surface area contributed by atoms with Crippen molar-refractivity contribution in [3.8, 4) is 0 Å². The molecule has 1 aliphatic rings. The molecule has 1 fully saturated rings. The van der Waals surface area contributed by atoms with Gasteiger partial charge in [0.1, 0.15) is 5.69 Å². The Morgan fingerprint density at radius 1 is 1.15 bits per heavy atom. The van der Waals surface area contributed by atoms with Crippen molar-refractivity contribution < 1.29 is 13.2 Å². The van der Waals surface area contributed by atoms with Crippen LogP contribution in [-0.4, -0.2) is 37.3 Å². The van der Waals surface area contributed by atoms with Crippen LogP contribution in [0.2, 0.25) is 10.0 Å². The molecular weight excluding hydrogens is 407 g/mol. The predicted molar refractivity (Wildman–Crippen MR) is 106 cm³/mol. The van der Waals surface area contributed by atoms with Gasteiger partial charge in [0, 0.05) is 23.1 Å². The highest BCUT2D eigenvalue weighted by Gasteiger charge is 2.23. The lowest BCUT2D eigenvalue weighted by molar-refractivity contribution is 0.0691. The summed E-state index contributed by atoms with van der Waals surface area (Å²) in [7, 11) is -3.69. The third-order valence-electron chi connectivity index (χ3n) is 4.63. The van der Waals surface area contributed by atoms with E-state index in [4.69, 9.17) is 23.2 Å². The monoisotopic (exact) mass is 426 g/mol. The van der Waals surface area contributed by atoms with E-state index in [1.54, 1.807) is 23.1 Å². The van der Waals surface area contributed by atoms with Crippen molar-refractivity contribution >= 4 is 38.9 Å². The second-order valence-corrected chi connectivity index (χ2v) is 9.72. The predicted octanol–water partition coefficient (Wildman–Crippen LogP) is 4.23. The highest BCUT2D eigenvalue weighted by molar-refractivity contribution is 7.90. The SMILES string of the molecule is CC1CCN(C(=O)c2cccc(CS(=O)(=O)c3cc(Cl)cc(Cl)c3)n2)CC1. The van der Waals surface area contributed by atoms with E-state index < -0.39 is 9.84 Å². The van der Waals surface area contributed by atoms with E-state index in [2.05, 4.69) is 11.9 Å². The first-order valence-electron chi connectivity index (χ1n) is 8.68. The largest absolute Gasteiger partial charge is 0.337 e. The van der Waals surface area contributed by atoms with Crippen molar-refractivity contribution in [2.24, 2.45) is 5.92 Å². The van der Waals surface area contributed by atoms with Gasteiger partial charge in [0.05, 0.1) is 16.3 Å². The lowest BCUT2D eigenvalue weighted by Gasteiger charge is -2.30. The number of piperidine rings is 1. The molecule has 0 N–H and O–H groups in total. The van der Waals surface area contributed by atoms with Crippen molar-refractivity contribution in [1.82, 2.24) is 9.88 Å². The van der Waals surface area contributed by atoms with Gasteiger partial charge in [0.25, 0.3) is 5.91 Å². The number of carbonyl (C=O) groups is 1. The van der Waals surface area contributed by atoms with Crippen LogP contribution in [0.15, 0.2) is 41.3 Å². The van der Waals surface area contributed by atoms with Crippen LogP contribution in [-0.2, 0) is 15.6 Å². The first kappa shape index (κ1) is 20.1. The Bertz CT molecular complexity index is 935. The number of nitrogens with zero attached hydrogens (tertiary/aromatic N) is 2. The molecule has 0 atom stereocenters. The van der Waals surface area contributed by atoms with Crippen LogP contribution < -0.4 is 0 Å². The van der Waals surface area contributed by atoms with Crippen LogP contribution in [0, 0.1) is 5.92 Å². The van der Waals surface area contributed by atoms with Crippen LogP contribution in [0.4, 0.5) is 0 Å². The first-order chi connectivity index (χ1) is 12.7. The molecule has 1 aromatic heterocycles. The van der Waals surface area contributed by atoms with Crippen molar-refractivity contribution in [1.29, 1.82) is 0 Å². The third-order valence-corrected chi connectivity index (χ3v) is 6.70. The number of benzene rings is 1. The number of carbonyl (C=O) groups excluding carboxylic acids is 1. The van der Waals surface area contributed by atoms with Crippen LogP contribution in [0.25, 0.3) is 0 Å². The maximum atomic E-state index is 12.7. The van der Waals surface area contributed by atoms with E-state index >= 15 is 0 Å². The van der Waals surface area contributed by atoms with Gasteiger partial charge in [-0.25, -0.2) is 13.4 Å². The summed E-state index contributed by atoms with van der Waals surface area (Å²) in [6.07, 6.45) is 1.94. The molecular formula is C19H20Cl2N2O3S. The van der Waals surface area contributed by atoms with Crippen LogP contribution >= 0.6 is 23.2 Å². The lowest BCUT2D eigenvalue weighted by Crippen LogP contribution is -2.38. The number of likely N-dealkylation sites (tertiary alicyclic amines) is 1. The molecule has 1 amide bonds. The molecule has 0 unspecified atom stereocenters. The van der Waals surface area contributed by atoms with Gasteiger partial charge in [-0.2, -0.15) is 0 Å². The molecule has 27 heavy (non-hydrogen) atoms. The summed E-state index contributed by atoms with van der Waals surface area (Å²) < 4.78 is 25.3. The second kappa shape index (κ2) is 8.17. The number of hydrogen-bond acceptors (Lipinski definition) is 4. The normalized spacial score (nSPS) is 15.7. The summed E-state index contributed by atoms with van der Waals surface area (Å²) in [4.78, 5) is 18.8. The van der Waals surface area contributed by atoms with Crippen molar-refractivity contribution in [3.05, 3.63) is 57.8 Å². The molecule has 5 nitrogen and oxygen atoms in total. The quantitative estimate of drug-likeness (QED) is 0.732. The van der Waals surface area contributed by atoms with Crippen molar-refractivity contribution in [2.45, 2.75) is 30.4 Å². The fourth-order valence-corrected chi connectivity index (χ4v) is 5.02. The van der Waals surface area contributed by atoms with Gasteiger partial charge in [-0.15, -0.1) is 0 Å². The molecule has 0 aliphatic carbocycles. The molecule has 1 saturated heterocycles. The molecule has 3 rings (SSSR count). The fraction of sp³-hybridized carbons (Fsp3) is 0.368. The summed E-state index contributed by atoms with van der Waals surface area (Å²) >= 11 is 11.8. The van der Waals surface area contributed by atoms with Crippen LogP contribution in [0.3, 0.4) is 0 Å². The van der Waals surface area contributed by atoms with Gasteiger partial charge in [0.2, 0.25) is 0 Å². The number of aromatic nitrogens is 1. The van der Waals surface area contributed by atoms with E-state index in [1.165, 1.54) is 18.2 Å². The Balaban J connectivity index is 1.80. The average Bonchev–Trinajstić information content (AvgIpc) is 2.61. The average molecular weight is 427 g/mol. The minimum Gasteiger partial charge on any atom is -0.337 e. The summed E-state index contributed by atoms with van der Waals surface area (Å²) in [6.45, 7) is 3.57. The molecule has 0 saturated carbocycles. The Labute approximate surface area is 169 Å². The van der Waals surface area contributed by atoms with E-state index in [0.717, 1.165) is 12.8 Å². The fourth-order valence-electron chi connectivity index (χ4n) is 3.04. The Hall–Kier alpha value is -1.63. The van der Waals surface area contributed by atoms with Crippen molar-refractivity contribution in [2.75, 3.05) is 13.1 Å². The van der Waals surface area contributed by atoms with Gasteiger partial charge in [0.15, 0.2) is 9.84 Å². The standard InChI is InChI=1S/C19H20Cl2N2O3S/c1-13-5-7-23(8-6-13)19(24)18-4-2-3-16(22-18)12-27(25,26)17-10-14(20)9-15(21)11-17/h2-4,9-11,13H,5-8,12H2,1H3. The molecule has 0 bridgehead atoms.